The van der Waals surface area contributed by atoms with Gasteiger partial charge in [0.2, 0.25) is 5.91 Å². The number of nitrogens with one attached hydrogen (secondary N) is 1. The lowest BCUT2D eigenvalue weighted by Gasteiger charge is -2.35. The zero-order chi connectivity index (χ0) is 10.1. The van der Waals surface area contributed by atoms with E-state index < -0.39 is 5.97 Å². The van der Waals surface area contributed by atoms with Gasteiger partial charge in [0.1, 0.15) is 0 Å². The molecule has 1 saturated carbocycles. The number of amides is 1. The Morgan fingerprint density at radius 2 is 2.14 bits per heavy atom. The minimum atomic E-state index is -0.947. The summed E-state index contributed by atoms with van der Waals surface area (Å²) in [6.07, 6.45) is 5.15. The largest absolute Gasteiger partial charge is 0.478 e. The van der Waals surface area contributed by atoms with Gasteiger partial charge in [-0.2, -0.15) is 0 Å². The second kappa shape index (κ2) is 3.44. The van der Waals surface area contributed by atoms with E-state index in [0.29, 0.717) is 5.57 Å². The summed E-state index contributed by atoms with van der Waals surface area (Å²) in [6, 6.07) is 0.0485. The van der Waals surface area contributed by atoms with Gasteiger partial charge in [-0.3, -0.25) is 4.79 Å². The van der Waals surface area contributed by atoms with Crippen molar-refractivity contribution in [3.63, 3.8) is 0 Å². The molecule has 76 valence electrons. The molecule has 2 aliphatic rings. The van der Waals surface area contributed by atoms with Gasteiger partial charge in [0.05, 0.1) is 0 Å². The summed E-state index contributed by atoms with van der Waals surface area (Å²) in [6.45, 7) is 0. The molecule has 0 radical (unpaired) electrons. The third-order valence-corrected chi connectivity index (χ3v) is 3.03. The molecule has 1 aliphatic carbocycles. The number of carboxylic acids is 1. The van der Waals surface area contributed by atoms with Gasteiger partial charge < -0.3 is 10.4 Å². The van der Waals surface area contributed by atoms with E-state index >= 15 is 0 Å². The summed E-state index contributed by atoms with van der Waals surface area (Å²) in [5.41, 5.74) is 0.290. The predicted octanol–water partition coefficient (Wildman–Crippen LogP) is 0.686. The first-order valence-electron chi connectivity index (χ1n) is 4.94. The van der Waals surface area contributed by atoms with Gasteiger partial charge in [-0.15, -0.1) is 0 Å². The maximum Gasteiger partial charge on any atom is 0.332 e. The third kappa shape index (κ3) is 1.52. The smallest absolute Gasteiger partial charge is 0.332 e. The Bertz CT molecular complexity index is 308. The molecule has 1 amide bonds. The zero-order valence-electron chi connectivity index (χ0n) is 7.82. The molecule has 0 aromatic heterocycles. The number of fused-ring (bicyclic) bond motifs is 1. The Hall–Kier alpha value is -1.32. The second-order valence-electron chi connectivity index (χ2n) is 3.91. The first-order chi connectivity index (χ1) is 6.68. The molecular weight excluding hydrogens is 182 g/mol. The van der Waals surface area contributed by atoms with E-state index in [1.807, 2.05) is 0 Å². The van der Waals surface area contributed by atoms with Crippen LogP contribution in [0.15, 0.2) is 11.6 Å². The minimum absolute atomic E-state index is 0.0268. The number of carbonyl (C=O) groups excluding carboxylic acids is 1. The Balaban J connectivity index is 2.28. The highest BCUT2D eigenvalue weighted by Crippen LogP contribution is 2.32. The van der Waals surface area contributed by atoms with Gasteiger partial charge >= 0.3 is 5.97 Å². The van der Waals surface area contributed by atoms with Crippen molar-refractivity contribution < 1.29 is 14.7 Å². The van der Waals surface area contributed by atoms with E-state index in [1.165, 1.54) is 6.08 Å². The van der Waals surface area contributed by atoms with E-state index in [4.69, 9.17) is 5.11 Å². The topological polar surface area (TPSA) is 66.4 Å². The Morgan fingerprint density at radius 1 is 1.43 bits per heavy atom. The van der Waals surface area contributed by atoms with Crippen LogP contribution in [0.2, 0.25) is 0 Å². The zero-order valence-corrected chi connectivity index (χ0v) is 7.82. The van der Waals surface area contributed by atoms with Crippen LogP contribution in [-0.2, 0) is 9.59 Å². The minimum Gasteiger partial charge on any atom is -0.478 e. The number of carboxylic acid groups (broad SMARTS) is 1. The molecule has 2 rings (SSSR count). The van der Waals surface area contributed by atoms with Crippen LogP contribution < -0.4 is 5.32 Å². The molecule has 1 aliphatic heterocycles. The SMILES string of the molecule is O=C1C=C(C(=O)O)C2CCCCC2N1. The van der Waals surface area contributed by atoms with Gasteiger partial charge in [-0.05, 0) is 12.8 Å². The molecule has 4 nitrogen and oxygen atoms in total. The first kappa shape index (κ1) is 9.24. The fourth-order valence-electron chi connectivity index (χ4n) is 2.37. The lowest BCUT2D eigenvalue weighted by molar-refractivity contribution is -0.134. The van der Waals surface area contributed by atoms with Crippen LogP contribution in [0.25, 0.3) is 0 Å². The summed E-state index contributed by atoms with van der Waals surface area (Å²) >= 11 is 0. The highest BCUT2D eigenvalue weighted by atomic mass is 16.4. The van der Waals surface area contributed by atoms with Crippen LogP contribution in [0, 0.1) is 5.92 Å². The fourth-order valence-corrected chi connectivity index (χ4v) is 2.37. The van der Waals surface area contributed by atoms with E-state index in [2.05, 4.69) is 5.32 Å². The normalized spacial score (nSPS) is 31.4. The number of hydrogen-bond donors (Lipinski definition) is 2. The highest BCUT2D eigenvalue weighted by Gasteiger charge is 2.35. The quantitative estimate of drug-likeness (QED) is 0.646. The van der Waals surface area contributed by atoms with Crippen molar-refractivity contribution in [1.82, 2.24) is 5.32 Å². The average Bonchev–Trinajstić information content (AvgIpc) is 2.16. The average molecular weight is 195 g/mol. The molecular formula is C10H13NO3. The van der Waals surface area contributed by atoms with Gasteiger partial charge in [0.15, 0.2) is 0 Å². The lowest BCUT2D eigenvalue weighted by Crippen LogP contribution is -2.47. The van der Waals surface area contributed by atoms with Crippen LogP contribution >= 0.6 is 0 Å². The maximum absolute atomic E-state index is 11.2. The fraction of sp³-hybridized carbons (Fsp3) is 0.600. The summed E-state index contributed by atoms with van der Waals surface area (Å²) in [5.74, 6) is -1.18. The molecule has 0 aromatic carbocycles. The summed E-state index contributed by atoms with van der Waals surface area (Å²) in [4.78, 5) is 22.1. The third-order valence-electron chi connectivity index (χ3n) is 3.03. The van der Waals surface area contributed by atoms with Gasteiger partial charge in [-0.25, -0.2) is 4.79 Å². The first-order valence-corrected chi connectivity index (χ1v) is 4.94. The van der Waals surface area contributed by atoms with Crippen LogP contribution in [0.1, 0.15) is 25.7 Å². The van der Waals surface area contributed by atoms with Crippen LogP contribution in [0.4, 0.5) is 0 Å². The van der Waals surface area contributed by atoms with Crippen LogP contribution in [0.5, 0.6) is 0 Å². The van der Waals surface area contributed by atoms with E-state index in [9.17, 15) is 9.59 Å². The molecule has 0 bridgehead atoms. The number of rotatable bonds is 1. The molecule has 0 saturated heterocycles. The van der Waals surface area contributed by atoms with Crippen molar-refractivity contribution in [3.8, 4) is 0 Å². The lowest BCUT2D eigenvalue weighted by atomic mass is 9.77. The maximum atomic E-state index is 11.2. The van der Waals surface area contributed by atoms with Crippen molar-refractivity contribution in [2.24, 2.45) is 5.92 Å². The monoisotopic (exact) mass is 195 g/mol. The van der Waals surface area contributed by atoms with Crippen LogP contribution in [-0.4, -0.2) is 23.0 Å². The summed E-state index contributed by atoms with van der Waals surface area (Å²) in [5, 5.41) is 11.8. The molecule has 2 N–H and O–H groups in total. The van der Waals surface area contributed by atoms with Crippen molar-refractivity contribution in [2.45, 2.75) is 31.7 Å². The van der Waals surface area contributed by atoms with Crippen molar-refractivity contribution in [1.29, 1.82) is 0 Å². The van der Waals surface area contributed by atoms with Crippen molar-refractivity contribution in [2.75, 3.05) is 0 Å². The van der Waals surface area contributed by atoms with Crippen LogP contribution in [0.3, 0.4) is 0 Å². The van der Waals surface area contributed by atoms with Gasteiger partial charge in [0, 0.05) is 23.6 Å². The Kier molecular flexibility index (Phi) is 2.27. The van der Waals surface area contributed by atoms with Crippen molar-refractivity contribution in [3.05, 3.63) is 11.6 Å². The predicted molar refractivity (Wildman–Crippen MR) is 49.6 cm³/mol. The molecule has 14 heavy (non-hydrogen) atoms. The highest BCUT2D eigenvalue weighted by molar-refractivity contribution is 5.99. The van der Waals surface area contributed by atoms with E-state index in [-0.39, 0.29) is 17.9 Å². The molecule has 0 aromatic rings. The molecule has 4 heteroatoms. The van der Waals surface area contributed by atoms with E-state index in [0.717, 1.165) is 25.7 Å². The molecule has 0 spiro atoms. The van der Waals surface area contributed by atoms with Crippen molar-refractivity contribution >= 4 is 11.9 Å². The molecule has 2 unspecified atom stereocenters. The second-order valence-corrected chi connectivity index (χ2v) is 3.91. The number of aliphatic carboxylic acids is 1. The Morgan fingerprint density at radius 3 is 2.86 bits per heavy atom. The summed E-state index contributed by atoms with van der Waals surface area (Å²) < 4.78 is 0. The molecule has 1 fully saturated rings. The number of carbonyl (C=O) groups is 2. The molecule has 1 heterocycles. The summed E-state index contributed by atoms with van der Waals surface area (Å²) in [7, 11) is 0. The van der Waals surface area contributed by atoms with Gasteiger partial charge in [-0.1, -0.05) is 12.8 Å². The van der Waals surface area contributed by atoms with E-state index in [1.54, 1.807) is 0 Å². The van der Waals surface area contributed by atoms with Gasteiger partial charge in [0.25, 0.3) is 0 Å². The standard InChI is InChI=1S/C10H13NO3/c12-9-5-7(10(13)14)6-3-1-2-4-8(6)11-9/h5-6,8H,1-4H2,(H,11,12)(H,13,14). The number of hydrogen-bond acceptors (Lipinski definition) is 2. The Labute approximate surface area is 82.0 Å². The molecule has 2 atom stereocenters.